The lowest BCUT2D eigenvalue weighted by molar-refractivity contribution is 0.0460. The van der Waals surface area contributed by atoms with Gasteiger partial charge in [0.05, 0.1) is 29.2 Å². The number of allylic oxidation sites excluding steroid dienone is 1. The van der Waals surface area contributed by atoms with E-state index in [0.717, 1.165) is 67.7 Å². The Morgan fingerprint density at radius 2 is 1.91 bits per heavy atom. The molecule has 5 N–H and O–H groups in total. The van der Waals surface area contributed by atoms with Crippen molar-refractivity contribution in [2.75, 3.05) is 55.7 Å². The highest BCUT2D eigenvalue weighted by molar-refractivity contribution is 14.1. The molecule has 5 aliphatic rings. The predicted molar refractivity (Wildman–Crippen MR) is 245 cm³/mol. The fourth-order valence-corrected chi connectivity index (χ4v) is 10.1. The lowest BCUT2D eigenvalue weighted by Gasteiger charge is -2.45. The van der Waals surface area contributed by atoms with Gasteiger partial charge in [-0.2, -0.15) is 0 Å². The van der Waals surface area contributed by atoms with Gasteiger partial charge >= 0.3 is 5.97 Å². The number of nitrogens with zero attached hydrogens (tertiary/aromatic N) is 2. The number of hydrogen-bond donors (Lipinski definition) is 4. The number of halogens is 2. The Labute approximate surface area is 361 Å². The minimum atomic E-state index is -3.33. The Kier molecular flexibility index (Phi) is 20.3. The van der Waals surface area contributed by atoms with Crippen molar-refractivity contribution in [1.82, 2.24) is 10.2 Å². The number of rotatable bonds is 10. The monoisotopic (exact) mass is 942 g/mol. The van der Waals surface area contributed by atoms with Crippen LogP contribution in [0.25, 0.3) is 0 Å². The topological polar surface area (TPSA) is 145 Å². The molecule has 0 unspecified atom stereocenters. The maximum absolute atomic E-state index is 11.7. The van der Waals surface area contributed by atoms with E-state index < -0.39 is 27.3 Å². The number of piperazine rings is 1. The highest BCUT2D eigenvalue weighted by Crippen LogP contribution is 2.46. The van der Waals surface area contributed by atoms with Crippen LogP contribution in [0.4, 0.5) is 5.69 Å². The molecule has 2 aromatic carbocycles. The van der Waals surface area contributed by atoms with Crippen LogP contribution in [0.5, 0.6) is 5.75 Å². The lowest BCUT2D eigenvalue weighted by atomic mass is 9.68. The van der Waals surface area contributed by atoms with Crippen LogP contribution in [-0.4, -0.2) is 97.7 Å². The molecular formula is C44H68ClIN4O6S. The van der Waals surface area contributed by atoms with Crippen molar-refractivity contribution in [3.05, 3.63) is 83.4 Å². The molecule has 2 aromatic rings. The number of hydrogen-bond acceptors (Lipinski definition) is 8. The molecule has 2 saturated heterocycles. The molecule has 6 atom stereocenters. The summed E-state index contributed by atoms with van der Waals surface area (Å²) in [6, 6.07) is 12.2. The molecule has 2 aliphatic carbocycles. The molecule has 1 spiro atoms. The average molecular weight is 943 g/mol. The Hall–Kier alpha value is -2.20. The van der Waals surface area contributed by atoms with Crippen LogP contribution in [0.3, 0.4) is 0 Å². The van der Waals surface area contributed by atoms with Crippen molar-refractivity contribution >= 4 is 55.9 Å². The Morgan fingerprint density at radius 3 is 2.54 bits per heavy atom. The standard InChI is InChI=1S/C27H30ClNO4.C8H16N2.C7H15NO2S.CH3I.CH4/c1-2-24(30)21-8-5-19(21)14-29-15-27(11-3-4-17-12-20(28)7-9-22(17)27)16-33-25-10-6-18(26(31)32)13-23(25)29;1-2-5-10-6-4-9-7-8(10)3-1;1-3-5-6-7(4-2)11(8,9)10;1-2;/h2,6-7,9-10,12-13,19,21,24,30H,1,3-5,8,11,14-16H2,(H,31,32);8-9H,1-7H2;3,7H,1,4-6H2,2H3,(H2,8,9,10);1H3;1H4/t19-,21+,24-,27-;8-;7-;;/m011../s1. The van der Waals surface area contributed by atoms with E-state index in [1.165, 1.54) is 56.6 Å². The molecule has 10 nitrogen and oxygen atoms in total. The summed E-state index contributed by atoms with van der Waals surface area (Å²) in [5.41, 5.74) is 3.44. The summed E-state index contributed by atoms with van der Waals surface area (Å²) in [5, 5.41) is 28.8. The van der Waals surface area contributed by atoms with Crippen LogP contribution in [0.15, 0.2) is 61.7 Å². The molecule has 57 heavy (non-hydrogen) atoms. The molecule has 3 aliphatic heterocycles. The number of ether oxygens (including phenoxy) is 1. The number of benzene rings is 2. The highest BCUT2D eigenvalue weighted by atomic mass is 127. The molecule has 3 fully saturated rings. The van der Waals surface area contributed by atoms with E-state index in [9.17, 15) is 23.4 Å². The number of carboxylic acid groups (broad SMARTS) is 1. The number of nitrogens with two attached hydrogens (primary N) is 1. The van der Waals surface area contributed by atoms with Gasteiger partial charge in [-0.05, 0) is 129 Å². The van der Waals surface area contributed by atoms with Gasteiger partial charge in [0.1, 0.15) is 5.75 Å². The number of aryl methyl sites for hydroxylation is 1. The first-order valence-electron chi connectivity index (χ1n) is 20.2. The molecular weight excluding hydrogens is 875 g/mol. The number of alkyl halides is 1. The molecule has 13 heteroatoms. The van der Waals surface area contributed by atoms with Gasteiger partial charge in [-0.3, -0.25) is 4.90 Å². The third-order valence-corrected chi connectivity index (χ3v) is 13.9. The number of piperidine rings is 1. The number of anilines is 1. The summed E-state index contributed by atoms with van der Waals surface area (Å²) < 4.78 is 28.0. The number of sulfonamides is 1. The van der Waals surface area contributed by atoms with E-state index in [0.29, 0.717) is 31.8 Å². The molecule has 0 bridgehead atoms. The second-order valence-electron chi connectivity index (χ2n) is 15.7. The van der Waals surface area contributed by atoms with E-state index in [2.05, 4.69) is 63.0 Å². The number of carbonyl (C=O) groups is 1. The molecule has 0 amide bonds. The third-order valence-electron chi connectivity index (χ3n) is 12.2. The average Bonchev–Trinajstić information content (AvgIpc) is 3.34. The zero-order valence-corrected chi connectivity index (χ0v) is 37.0. The van der Waals surface area contributed by atoms with Crippen molar-refractivity contribution in [3.63, 3.8) is 0 Å². The molecule has 0 radical (unpaired) electrons. The number of nitrogens with one attached hydrogen (secondary N) is 1. The molecule has 3 heterocycles. The van der Waals surface area contributed by atoms with Crippen molar-refractivity contribution in [2.45, 2.75) is 108 Å². The maximum Gasteiger partial charge on any atom is 0.335 e. The van der Waals surface area contributed by atoms with E-state index in [1.54, 1.807) is 30.4 Å². The van der Waals surface area contributed by atoms with Crippen LogP contribution < -0.4 is 20.1 Å². The summed E-state index contributed by atoms with van der Waals surface area (Å²) in [5.74, 6) is 0.282. The fourth-order valence-electron chi connectivity index (χ4n) is 8.96. The molecule has 7 rings (SSSR count). The number of aliphatic hydroxyl groups is 1. The van der Waals surface area contributed by atoms with Gasteiger partial charge in [0.15, 0.2) is 0 Å². The Bertz CT molecular complexity index is 1690. The van der Waals surface area contributed by atoms with Gasteiger partial charge in [-0.15, -0.1) is 13.2 Å². The van der Waals surface area contributed by atoms with E-state index in [1.807, 2.05) is 17.9 Å². The first-order valence-corrected chi connectivity index (χ1v) is 24.3. The van der Waals surface area contributed by atoms with Crippen LogP contribution in [0.2, 0.25) is 5.02 Å². The van der Waals surface area contributed by atoms with Crippen LogP contribution >= 0.6 is 34.2 Å². The Balaban J connectivity index is 0.000000297. The van der Waals surface area contributed by atoms with Crippen molar-refractivity contribution in [2.24, 2.45) is 17.0 Å². The largest absolute Gasteiger partial charge is 0.490 e. The maximum atomic E-state index is 11.7. The SMILES string of the molecule is C.C1CCN2CCNC[C@H]2C1.C=CCC[C@@H](CC)S(N)(=O)=O.C=C[C@H](O)[C@@H]1CC[C@H]1CN1C[C@@]2(CCCc3cc(Cl)ccc32)COc2ccc(C(=O)O)cc21.CI. The third kappa shape index (κ3) is 13.1. The van der Waals surface area contributed by atoms with Crippen molar-refractivity contribution in [1.29, 1.82) is 0 Å². The fraction of sp³-hybridized carbons (Fsp3) is 0.614. The second kappa shape index (κ2) is 23.6. The minimum absolute atomic E-state index is 0. The van der Waals surface area contributed by atoms with E-state index in [4.69, 9.17) is 21.5 Å². The first-order chi connectivity index (χ1) is 26.9. The van der Waals surface area contributed by atoms with Gasteiger partial charge < -0.3 is 25.2 Å². The summed E-state index contributed by atoms with van der Waals surface area (Å²) in [4.78, 5) is 18.6. The summed E-state index contributed by atoms with van der Waals surface area (Å²) in [7, 11) is -3.33. The smallest absolute Gasteiger partial charge is 0.335 e. The number of fused-ring (bicyclic) bond motifs is 4. The first kappa shape index (κ1) is 49.2. The number of aromatic carboxylic acids is 1. The number of aliphatic hydroxyl groups excluding tert-OH is 1. The van der Waals surface area contributed by atoms with Crippen LogP contribution in [0, 0.1) is 11.8 Å². The molecule has 0 aromatic heterocycles. The van der Waals surface area contributed by atoms with Gasteiger partial charge in [0.25, 0.3) is 0 Å². The van der Waals surface area contributed by atoms with Gasteiger partial charge in [-0.25, -0.2) is 18.4 Å². The van der Waals surface area contributed by atoms with Gasteiger partial charge in [-0.1, -0.05) is 73.2 Å². The summed E-state index contributed by atoms with van der Waals surface area (Å²) in [6.07, 6.45) is 14.1. The molecule has 1 saturated carbocycles. The second-order valence-corrected chi connectivity index (χ2v) is 18.0. The normalized spacial score (nSPS) is 24.7. The van der Waals surface area contributed by atoms with Crippen molar-refractivity contribution in [3.8, 4) is 5.75 Å². The number of primary sulfonamides is 1. The number of carboxylic acids is 1. The van der Waals surface area contributed by atoms with Gasteiger partial charge in [0.2, 0.25) is 10.0 Å². The van der Waals surface area contributed by atoms with Crippen molar-refractivity contribution < 1.29 is 28.2 Å². The zero-order valence-electron chi connectivity index (χ0n) is 33.3. The van der Waals surface area contributed by atoms with Gasteiger partial charge in [0, 0.05) is 49.2 Å². The quantitative estimate of drug-likeness (QED) is 0.105. The Morgan fingerprint density at radius 1 is 1.14 bits per heavy atom. The van der Waals surface area contributed by atoms with Crippen LogP contribution in [-0.2, 0) is 21.9 Å². The predicted octanol–water partition coefficient (Wildman–Crippen LogP) is 8.24. The minimum Gasteiger partial charge on any atom is -0.490 e. The van der Waals surface area contributed by atoms with E-state index in [-0.39, 0.29) is 24.3 Å². The molecule has 320 valence electrons. The summed E-state index contributed by atoms with van der Waals surface area (Å²) in [6.45, 7) is 16.2. The van der Waals surface area contributed by atoms with E-state index >= 15 is 0 Å². The lowest BCUT2D eigenvalue weighted by Crippen LogP contribution is -2.53. The van der Waals surface area contributed by atoms with Crippen LogP contribution in [0.1, 0.15) is 100 Å². The summed E-state index contributed by atoms with van der Waals surface area (Å²) >= 11 is 8.46. The highest BCUT2D eigenvalue weighted by Gasteiger charge is 2.44. The zero-order chi connectivity index (χ0) is 40.9.